The minimum absolute atomic E-state index is 0.0719. The molecule has 0 aliphatic carbocycles. The molecule has 0 saturated carbocycles. The summed E-state index contributed by atoms with van der Waals surface area (Å²) in [6.45, 7) is 1.66. The van der Waals surface area contributed by atoms with Crippen molar-refractivity contribution in [2.24, 2.45) is 0 Å². The van der Waals surface area contributed by atoms with Crippen LogP contribution in [0.5, 0.6) is 0 Å². The molecule has 26 heavy (non-hydrogen) atoms. The second-order valence-corrected chi connectivity index (χ2v) is 5.93. The molecule has 0 saturated heterocycles. The molecule has 0 aliphatic rings. The van der Waals surface area contributed by atoms with Crippen molar-refractivity contribution in [2.75, 3.05) is 18.9 Å². The van der Waals surface area contributed by atoms with Crippen LogP contribution in [-0.2, 0) is 16.0 Å². The van der Waals surface area contributed by atoms with E-state index in [0.29, 0.717) is 11.6 Å². The highest BCUT2D eigenvalue weighted by Crippen LogP contribution is 2.09. The van der Waals surface area contributed by atoms with E-state index >= 15 is 0 Å². The van der Waals surface area contributed by atoms with Gasteiger partial charge in [-0.05, 0) is 24.6 Å². The van der Waals surface area contributed by atoms with Crippen molar-refractivity contribution >= 4 is 17.6 Å². The Balaban J connectivity index is 1.54. The van der Waals surface area contributed by atoms with Crippen molar-refractivity contribution in [1.82, 2.24) is 19.8 Å². The molecule has 1 aromatic carbocycles. The van der Waals surface area contributed by atoms with Crippen LogP contribution in [-0.4, -0.2) is 45.2 Å². The molecule has 0 unspecified atom stereocenters. The quantitative estimate of drug-likeness (QED) is 0.729. The summed E-state index contributed by atoms with van der Waals surface area (Å²) in [6.07, 6.45) is 3.62. The molecule has 2 aromatic heterocycles. The van der Waals surface area contributed by atoms with Gasteiger partial charge in [-0.2, -0.15) is 5.10 Å². The average molecular weight is 353 g/mol. The number of aryl methyl sites for hydroxylation is 1. The molecule has 0 spiro atoms. The van der Waals surface area contributed by atoms with Crippen LogP contribution in [0.15, 0.2) is 53.3 Å². The number of nitrogens with one attached hydrogen (secondary N) is 1. The van der Waals surface area contributed by atoms with Crippen molar-refractivity contribution in [3.05, 3.63) is 60.1 Å². The Labute approximate surface area is 150 Å². The van der Waals surface area contributed by atoms with Gasteiger partial charge in [0.15, 0.2) is 5.82 Å². The minimum Gasteiger partial charge on any atom is -0.360 e. The topological polar surface area (TPSA) is 93.3 Å². The summed E-state index contributed by atoms with van der Waals surface area (Å²) >= 11 is 0. The van der Waals surface area contributed by atoms with E-state index < -0.39 is 0 Å². The van der Waals surface area contributed by atoms with Gasteiger partial charge in [-0.15, -0.1) is 0 Å². The average Bonchev–Trinajstić information content (AvgIpc) is 3.24. The van der Waals surface area contributed by atoms with Gasteiger partial charge in [-0.3, -0.25) is 9.59 Å². The lowest BCUT2D eigenvalue weighted by atomic mass is 10.2. The van der Waals surface area contributed by atoms with Crippen molar-refractivity contribution in [1.29, 1.82) is 0 Å². The summed E-state index contributed by atoms with van der Waals surface area (Å²) in [6, 6.07) is 11.2. The molecule has 8 nitrogen and oxygen atoms in total. The predicted molar refractivity (Wildman–Crippen MR) is 94.8 cm³/mol. The van der Waals surface area contributed by atoms with Crippen LogP contribution in [0, 0.1) is 6.92 Å². The van der Waals surface area contributed by atoms with E-state index in [1.807, 2.05) is 30.3 Å². The molecule has 8 heteroatoms. The van der Waals surface area contributed by atoms with Gasteiger partial charge in [0.1, 0.15) is 5.76 Å². The van der Waals surface area contributed by atoms with Gasteiger partial charge >= 0.3 is 0 Å². The lowest BCUT2D eigenvalue weighted by molar-refractivity contribution is -0.132. The number of hydrogen-bond donors (Lipinski definition) is 1. The number of likely N-dealkylation sites (N-methyl/N-ethyl adjacent to an activating group) is 1. The Morgan fingerprint density at radius 3 is 2.73 bits per heavy atom. The molecule has 2 amide bonds. The van der Waals surface area contributed by atoms with Crippen molar-refractivity contribution < 1.29 is 14.1 Å². The van der Waals surface area contributed by atoms with Crippen LogP contribution >= 0.6 is 0 Å². The Hall–Kier alpha value is -3.42. The van der Waals surface area contributed by atoms with Crippen LogP contribution < -0.4 is 5.32 Å². The monoisotopic (exact) mass is 353 g/mol. The summed E-state index contributed by atoms with van der Waals surface area (Å²) < 4.78 is 6.59. The summed E-state index contributed by atoms with van der Waals surface area (Å²) in [4.78, 5) is 25.7. The second kappa shape index (κ2) is 7.64. The standard InChI is InChI=1S/C18H19N5O3/c1-13-8-16(21-26-13)20-17(24)12-22(2)18(25)9-14-10-19-23(11-14)15-6-4-3-5-7-15/h3-8,10-11H,9,12H2,1-2H3,(H,20,21,24). The van der Waals surface area contributed by atoms with E-state index in [4.69, 9.17) is 4.52 Å². The molecule has 0 atom stereocenters. The molecule has 2 heterocycles. The SMILES string of the molecule is Cc1cc(NC(=O)CN(C)C(=O)Cc2cnn(-c3ccccc3)c2)no1. The van der Waals surface area contributed by atoms with Crippen LogP contribution in [0.25, 0.3) is 5.69 Å². The molecule has 134 valence electrons. The van der Waals surface area contributed by atoms with E-state index in [2.05, 4.69) is 15.6 Å². The third-order valence-corrected chi connectivity index (χ3v) is 3.71. The predicted octanol–water partition coefficient (Wildman–Crippen LogP) is 1.81. The fourth-order valence-electron chi connectivity index (χ4n) is 2.39. The number of carbonyl (C=O) groups excluding carboxylic acids is 2. The van der Waals surface area contributed by atoms with Gasteiger partial charge in [0.05, 0.1) is 24.8 Å². The number of anilines is 1. The van der Waals surface area contributed by atoms with Crippen molar-refractivity contribution in [3.63, 3.8) is 0 Å². The number of amides is 2. The van der Waals surface area contributed by atoms with Crippen LogP contribution in [0.4, 0.5) is 5.82 Å². The van der Waals surface area contributed by atoms with Crippen LogP contribution in [0.3, 0.4) is 0 Å². The van der Waals surface area contributed by atoms with E-state index in [9.17, 15) is 9.59 Å². The largest absolute Gasteiger partial charge is 0.360 e. The lowest BCUT2D eigenvalue weighted by Crippen LogP contribution is -2.35. The highest BCUT2D eigenvalue weighted by molar-refractivity contribution is 5.93. The maximum Gasteiger partial charge on any atom is 0.245 e. The summed E-state index contributed by atoms with van der Waals surface area (Å²) in [5, 5.41) is 10.5. The van der Waals surface area contributed by atoms with E-state index in [-0.39, 0.29) is 24.8 Å². The first-order valence-corrected chi connectivity index (χ1v) is 8.07. The maximum atomic E-state index is 12.3. The van der Waals surface area contributed by atoms with Gasteiger partial charge in [0.25, 0.3) is 0 Å². The zero-order valence-electron chi connectivity index (χ0n) is 14.5. The first kappa shape index (κ1) is 17.4. The highest BCUT2D eigenvalue weighted by atomic mass is 16.5. The normalized spacial score (nSPS) is 10.5. The van der Waals surface area contributed by atoms with E-state index in [0.717, 1.165) is 11.3 Å². The lowest BCUT2D eigenvalue weighted by Gasteiger charge is -2.15. The molecule has 3 aromatic rings. The van der Waals surface area contributed by atoms with Crippen LogP contribution in [0.2, 0.25) is 0 Å². The van der Waals surface area contributed by atoms with Gasteiger partial charge in [0.2, 0.25) is 11.8 Å². The third-order valence-electron chi connectivity index (χ3n) is 3.71. The molecular weight excluding hydrogens is 334 g/mol. The Morgan fingerprint density at radius 2 is 2.04 bits per heavy atom. The summed E-state index contributed by atoms with van der Waals surface area (Å²) in [5.41, 5.74) is 1.69. The maximum absolute atomic E-state index is 12.3. The molecule has 0 fully saturated rings. The summed E-state index contributed by atoms with van der Waals surface area (Å²) in [7, 11) is 1.58. The van der Waals surface area contributed by atoms with Gasteiger partial charge in [-0.25, -0.2) is 4.68 Å². The Kier molecular flexibility index (Phi) is 5.12. The third kappa shape index (κ3) is 4.35. The molecular formula is C18H19N5O3. The van der Waals surface area contributed by atoms with E-state index in [1.165, 1.54) is 4.90 Å². The second-order valence-electron chi connectivity index (χ2n) is 5.93. The smallest absolute Gasteiger partial charge is 0.245 e. The molecule has 0 radical (unpaired) electrons. The first-order chi connectivity index (χ1) is 12.5. The molecule has 0 aliphatic heterocycles. The van der Waals surface area contributed by atoms with Crippen LogP contribution in [0.1, 0.15) is 11.3 Å². The number of hydrogen-bond acceptors (Lipinski definition) is 5. The summed E-state index contributed by atoms with van der Waals surface area (Å²) in [5.74, 6) is 0.413. The molecule has 0 bridgehead atoms. The fourth-order valence-corrected chi connectivity index (χ4v) is 2.39. The zero-order chi connectivity index (χ0) is 18.5. The number of nitrogens with zero attached hydrogens (tertiary/aromatic N) is 4. The first-order valence-electron chi connectivity index (χ1n) is 8.07. The number of benzene rings is 1. The highest BCUT2D eigenvalue weighted by Gasteiger charge is 2.15. The number of carbonyl (C=O) groups is 2. The Morgan fingerprint density at radius 1 is 1.27 bits per heavy atom. The number of rotatable bonds is 6. The van der Waals surface area contributed by atoms with E-state index in [1.54, 1.807) is 37.1 Å². The van der Waals surface area contributed by atoms with Gasteiger partial charge < -0.3 is 14.7 Å². The molecule has 3 rings (SSSR count). The Bertz CT molecular complexity index is 900. The van der Waals surface area contributed by atoms with Gasteiger partial charge in [0, 0.05) is 19.3 Å². The van der Waals surface area contributed by atoms with Gasteiger partial charge in [-0.1, -0.05) is 23.4 Å². The fraction of sp³-hybridized carbons (Fsp3) is 0.222. The van der Waals surface area contributed by atoms with Crippen molar-refractivity contribution in [2.45, 2.75) is 13.3 Å². The van der Waals surface area contributed by atoms with Crippen molar-refractivity contribution in [3.8, 4) is 5.69 Å². The number of para-hydroxylation sites is 1. The minimum atomic E-state index is -0.339. The number of aromatic nitrogens is 3. The zero-order valence-corrected chi connectivity index (χ0v) is 14.5. The molecule has 1 N–H and O–H groups in total.